The molecule has 0 aromatic carbocycles. The van der Waals surface area contributed by atoms with E-state index in [0.29, 0.717) is 23.9 Å². The van der Waals surface area contributed by atoms with Gasteiger partial charge >= 0.3 is 0 Å². The number of nitrogens with one attached hydrogen (secondary N) is 1. The van der Waals surface area contributed by atoms with Crippen molar-refractivity contribution >= 4 is 13.7 Å². The van der Waals surface area contributed by atoms with Gasteiger partial charge in [0, 0.05) is 6.42 Å². The van der Waals surface area contributed by atoms with Crippen LogP contribution in [0.5, 0.6) is 0 Å². The third-order valence-electron chi connectivity index (χ3n) is 12.3. The molecule has 0 aromatic rings. The molecule has 0 aliphatic carbocycles. The third kappa shape index (κ3) is 47.0. The Bertz CT molecular complexity index is 1000. The minimum absolute atomic E-state index is 0.0143. The van der Waals surface area contributed by atoms with Gasteiger partial charge in [0.15, 0.2) is 0 Å². The molecule has 0 saturated heterocycles. The summed E-state index contributed by atoms with van der Waals surface area (Å²) in [4.78, 5) is 25.4. The molecule has 0 aliphatic rings. The SMILES string of the molecule is CCCCCCCCCCCCCC/C=C\CCCCCCCCCCCCCCC(=O)NC(COP(=O)([O-])OCC[N+](C)(C)C)C(O)CCCCCCCCCCCCC. The van der Waals surface area contributed by atoms with Gasteiger partial charge in [-0.25, -0.2) is 0 Å². The van der Waals surface area contributed by atoms with Gasteiger partial charge in [0.2, 0.25) is 5.91 Å². The summed E-state index contributed by atoms with van der Waals surface area (Å²) < 4.78 is 23.3. The van der Waals surface area contributed by atoms with E-state index in [9.17, 15) is 19.4 Å². The zero-order valence-corrected chi connectivity index (χ0v) is 42.3. The number of rotatable bonds is 49. The maximum Gasteiger partial charge on any atom is 0.268 e. The molecule has 0 heterocycles. The quantitative estimate of drug-likeness (QED) is 0.0273. The number of hydrogen-bond acceptors (Lipinski definition) is 6. The number of phosphoric acid groups is 1. The lowest BCUT2D eigenvalue weighted by molar-refractivity contribution is -0.870. The predicted octanol–water partition coefficient (Wildman–Crippen LogP) is 14.8. The van der Waals surface area contributed by atoms with Crippen molar-refractivity contribution in [1.82, 2.24) is 5.32 Å². The van der Waals surface area contributed by atoms with E-state index in [0.717, 1.165) is 38.5 Å². The summed E-state index contributed by atoms with van der Waals surface area (Å²) in [6.07, 6.45) is 52.4. The van der Waals surface area contributed by atoms with E-state index < -0.39 is 20.0 Å². The molecule has 0 fully saturated rings. The molecule has 8 nitrogen and oxygen atoms in total. The maximum atomic E-state index is 12.9. The van der Waals surface area contributed by atoms with Crippen LogP contribution in [-0.4, -0.2) is 68.5 Å². The molecule has 61 heavy (non-hydrogen) atoms. The van der Waals surface area contributed by atoms with Crippen LogP contribution in [0.4, 0.5) is 0 Å². The summed E-state index contributed by atoms with van der Waals surface area (Å²) in [6.45, 7) is 4.73. The first-order valence-electron chi connectivity index (χ1n) is 26.5. The number of amides is 1. The van der Waals surface area contributed by atoms with Gasteiger partial charge in [0.05, 0.1) is 39.9 Å². The number of likely N-dealkylation sites (N-methyl/N-ethyl adjacent to an activating group) is 1. The molecule has 3 atom stereocenters. The highest BCUT2D eigenvalue weighted by Gasteiger charge is 2.24. The Balaban J connectivity index is 4.03. The first kappa shape index (κ1) is 60.2. The van der Waals surface area contributed by atoms with E-state index in [1.165, 1.54) is 199 Å². The fourth-order valence-corrected chi connectivity index (χ4v) is 8.76. The third-order valence-corrected chi connectivity index (χ3v) is 13.2. The highest BCUT2D eigenvalue weighted by molar-refractivity contribution is 7.45. The van der Waals surface area contributed by atoms with Crippen LogP contribution in [0.2, 0.25) is 0 Å². The van der Waals surface area contributed by atoms with Gasteiger partial charge in [-0.05, 0) is 38.5 Å². The Kier molecular flexibility index (Phi) is 43.9. The summed E-state index contributed by atoms with van der Waals surface area (Å²) in [5.74, 6) is -0.163. The number of phosphoric ester groups is 1. The molecule has 9 heteroatoms. The number of nitrogens with zero attached hydrogens (tertiary/aromatic N) is 1. The summed E-state index contributed by atoms with van der Waals surface area (Å²) in [5, 5.41) is 13.9. The van der Waals surface area contributed by atoms with Crippen LogP contribution in [0.1, 0.15) is 264 Å². The molecule has 1 amide bonds. The number of hydrogen-bond donors (Lipinski definition) is 2. The van der Waals surface area contributed by atoms with Crippen LogP contribution in [0.3, 0.4) is 0 Å². The lowest BCUT2D eigenvalue weighted by Crippen LogP contribution is -2.46. The number of allylic oxidation sites excluding steroid dienone is 2. The summed E-state index contributed by atoms with van der Waals surface area (Å²) in [6, 6.07) is -0.796. The van der Waals surface area contributed by atoms with Crippen molar-refractivity contribution in [2.45, 2.75) is 276 Å². The number of quaternary nitrogens is 1. The van der Waals surface area contributed by atoms with E-state index in [1.807, 2.05) is 21.1 Å². The standard InChI is InChI=1S/C52H105N2O6P/c1-6-8-10-12-14-16-18-19-20-21-22-23-24-25-26-27-28-29-30-31-32-33-34-36-38-40-42-44-46-52(56)53-50(49-60-61(57,58)59-48-47-54(3,4)5)51(55)45-43-41-39-37-35-17-15-13-11-9-7-2/h25-26,50-51,55H,6-24,27-49H2,1-5H3,(H-,53,56,57,58)/b26-25-. The fraction of sp³-hybridized carbons (Fsp3) is 0.942. The van der Waals surface area contributed by atoms with E-state index in [4.69, 9.17) is 9.05 Å². The second-order valence-electron chi connectivity index (χ2n) is 19.6. The minimum Gasteiger partial charge on any atom is -0.756 e. The second-order valence-corrected chi connectivity index (χ2v) is 21.0. The largest absolute Gasteiger partial charge is 0.756 e. The molecule has 0 spiro atoms. The van der Waals surface area contributed by atoms with Crippen LogP contribution in [0.15, 0.2) is 12.2 Å². The Hall–Kier alpha value is -0.760. The van der Waals surface area contributed by atoms with Crippen LogP contribution in [-0.2, 0) is 18.4 Å². The zero-order chi connectivity index (χ0) is 45.0. The summed E-state index contributed by atoms with van der Waals surface area (Å²) >= 11 is 0. The lowest BCUT2D eigenvalue weighted by atomic mass is 10.0. The van der Waals surface area contributed by atoms with Crippen LogP contribution < -0.4 is 10.2 Å². The molecule has 2 N–H and O–H groups in total. The average Bonchev–Trinajstić information content (AvgIpc) is 3.21. The predicted molar refractivity (Wildman–Crippen MR) is 261 cm³/mol. The van der Waals surface area contributed by atoms with Gasteiger partial charge in [0.25, 0.3) is 7.82 Å². The number of aliphatic hydroxyl groups is 1. The monoisotopic (exact) mass is 885 g/mol. The second kappa shape index (κ2) is 44.4. The smallest absolute Gasteiger partial charge is 0.268 e. The number of carbonyl (C=O) groups excluding carboxylic acids is 1. The van der Waals surface area contributed by atoms with Crippen molar-refractivity contribution in [3.05, 3.63) is 12.2 Å². The van der Waals surface area contributed by atoms with Crippen molar-refractivity contribution in [2.75, 3.05) is 40.9 Å². The van der Waals surface area contributed by atoms with E-state index in [-0.39, 0.29) is 19.1 Å². The van der Waals surface area contributed by atoms with Crippen molar-refractivity contribution in [3.8, 4) is 0 Å². The molecule has 0 radical (unpaired) electrons. The van der Waals surface area contributed by atoms with Gasteiger partial charge in [-0.15, -0.1) is 0 Å². The van der Waals surface area contributed by atoms with Crippen molar-refractivity contribution in [1.29, 1.82) is 0 Å². The topological polar surface area (TPSA) is 108 Å². The van der Waals surface area contributed by atoms with E-state index in [2.05, 4.69) is 31.3 Å². The fourth-order valence-electron chi connectivity index (χ4n) is 8.04. The van der Waals surface area contributed by atoms with Crippen molar-refractivity contribution in [3.63, 3.8) is 0 Å². The first-order chi connectivity index (χ1) is 29.5. The molecule has 0 aromatic heterocycles. The average molecular weight is 885 g/mol. The molecule has 3 unspecified atom stereocenters. The first-order valence-corrected chi connectivity index (χ1v) is 28.0. The van der Waals surface area contributed by atoms with Gasteiger partial charge in [-0.1, -0.05) is 231 Å². The van der Waals surface area contributed by atoms with Crippen molar-refractivity contribution < 1.29 is 32.9 Å². The molecule has 0 rings (SSSR count). The molecular weight excluding hydrogens is 780 g/mol. The highest BCUT2D eigenvalue weighted by atomic mass is 31.2. The zero-order valence-electron chi connectivity index (χ0n) is 41.4. The van der Waals surface area contributed by atoms with Crippen LogP contribution in [0.25, 0.3) is 0 Å². The van der Waals surface area contributed by atoms with E-state index >= 15 is 0 Å². The Morgan fingerprint density at radius 1 is 0.557 bits per heavy atom. The number of aliphatic hydroxyl groups excluding tert-OH is 1. The Morgan fingerprint density at radius 3 is 1.28 bits per heavy atom. The maximum absolute atomic E-state index is 12.9. The Labute approximate surface area is 380 Å². The molecule has 364 valence electrons. The van der Waals surface area contributed by atoms with Gasteiger partial charge in [-0.2, -0.15) is 0 Å². The molecule has 0 saturated carbocycles. The molecule has 0 bridgehead atoms. The van der Waals surface area contributed by atoms with Gasteiger partial charge in [-0.3, -0.25) is 9.36 Å². The van der Waals surface area contributed by atoms with Crippen molar-refractivity contribution in [2.24, 2.45) is 0 Å². The normalized spacial score (nSPS) is 14.1. The van der Waals surface area contributed by atoms with E-state index in [1.54, 1.807) is 0 Å². The van der Waals surface area contributed by atoms with Crippen LogP contribution in [0, 0.1) is 0 Å². The summed E-state index contributed by atoms with van der Waals surface area (Å²) in [7, 11) is 1.31. The summed E-state index contributed by atoms with van der Waals surface area (Å²) in [5.41, 5.74) is 0. The minimum atomic E-state index is -4.56. The van der Waals surface area contributed by atoms with Crippen LogP contribution >= 0.6 is 7.82 Å². The van der Waals surface area contributed by atoms with Gasteiger partial charge in [0.1, 0.15) is 13.2 Å². The molecular formula is C52H105N2O6P. The Morgan fingerprint density at radius 2 is 0.902 bits per heavy atom. The number of carbonyl (C=O) groups is 1. The number of unbranched alkanes of at least 4 members (excludes halogenated alkanes) is 34. The lowest BCUT2D eigenvalue weighted by Gasteiger charge is -2.30. The highest BCUT2D eigenvalue weighted by Crippen LogP contribution is 2.38. The van der Waals surface area contributed by atoms with Gasteiger partial charge < -0.3 is 28.8 Å². The molecule has 0 aliphatic heterocycles.